The fraction of sp³-hybridized carbons (Fsp3) is 0.300. The van der Waals surface area contributed by atoms with Crippen molar-refractivity contribution in [2.45, 2.75) is 6.54 Å². The first-order chi connectivity index (χ1) is 14.9. The molecule has 0 saturated carbocycles. The largest absolute Gasteiger partial charge is 0.378 e. The van der Waals surface area contributed by atoms with Gasteiger partial charge in [-0.1, -0.05) is 6.07 Å². The summed E-state index contributed by atoms with van der Waals surface area (Å²) in [4.78, 5) is 44.0. The Bertz CT molecular complexity index is 1060. The van der Waals surface area contributed by atoms with E-state index in [1.807, 2.05) is 4.90 Å². The van der Waals surface area contributed by atoms with Gasteiger partial charge in [-0.3, -0.25) is 19.6 Å². The lowest BCUT2D eigenvalue weighted by atomic mass is 9.92. The SMILES string of the molecule is O=C(NCc1ccc(F)cc1F)C1C(=O)c2ccc(N3CCOCC3)nc2N(O)C1=O. The number of rotatable bonds is 4. The Balaban J connectivity index is 1.53. The third kappa shape index (κ3) is 3.97. The first kappa shape index (κ1) is 20.8. The molecule has 1 saturated heterocycles. The number of halogens is 2. The molecule has 11 heteroatoms. The molecule has 9 nitrogen and oxygen atoms in total. The van der Waals surface area contributed by atoms with Crippen molar-refractivity contribution in [3.63, 3.8) is 0 Å². The highest BCUT2D eigenvalue weighted by molar-refractivity contribution is 6.30. The molecule has 1 fully saturated rings. The topological polar surface area (TPSA) is 112 Å². The predicted octanol–water partition coefficient (Wildman–Crippen LogP) is 1.05. The maximum Gasteiger partial charge on any atom is 0.272 e. The second-order valence-corrected chi connectivity index (χ2v) is 7.04. The molecule has 31 heavy (non-hydrogen) atoms. The van der Waals surface area contributed by atoms with Crippen LogP contribution in [-0.2, 0) is 20.9 Å². The number of ketones is 1. The average Bonchev–Trinajstić information content (AvgIpc) is 2.77. The summed E-state index contributed by atoms with van der Waals surface area (Å²) in [6, 6.07) is 5.77. The summed E-state index contributed by atoms with van der Waals surface area (Å²) in [6.45, 7) is 1.75. The van der Waals surface area contributed by atoms with E-state index in [1.54, 1.807) is 6.07 Å². The molecule has 3 heterocycles. The summed E-state index contributed by atoms with van der Waals surface area (Å²) in [6.07, 6.45) is 0. The fourth-order valence-electron chi connectivity index (χ4n) is 3.44. The fourth-order valence-corrected chi connectivity index (χ4v) is 3.44. The van der Waals surface area contributed by atoms with Gasteiger partial charge in [0.1, 0.15) is 17.5 Å². The molecule has 1 aromatic carbocycles. The number of aromatic nitrogens is 1. The van der Waals surface area contributed by atoms with Gasteiger partial charge in [0.25, 0.3) is 5.91 Å². The second-order valence-electron chi connectivity index (χ2n) is 7.04. The minimum absolute atomic E-state index is 0.0245. The van der Waals surface area contributed by atoms with Crippen LogP contribution in [0, 0.1) is 17.6 Å². The number of benzene rings is 1. The Morgan fingerprint density at radius 1 is 1.19 bits per heavy atom. The molecule has 0 bridgehead atoms. The van der Waals surface area contributed by atoms with Crippen LogP contribution in [0.2, 0.25) is 0 Å². The summed E-state index contributed by atoms with van der Waals surface area (Å²) < 4.78 is 32.0. The Morgan fingerprint density at radius 2 is 1.94 bits per heavy atom. The Kier molecular flexibility index (Phi) is 5.61. The third-order valence-electron chi connectivity index (χ3n) is 5.11. The van der Waals surface area contributed by atoms with E-state index >= 15 is 0 Å². The van der Waals surface area contributed by atoms with Crippen molar-refractivity contribution in [1.29, 1.82) is 0 Å². The number of hydroxylamine groups is 1. The molecule has 0 radical (unpaired) electrons. The molecule has 2 N–H and O–H groups in total. The zero-order valence-corrected chi connectivity index (χ0v) is 16.2. The number of ether oxygens (including phenoxy) is 1. The van der Waals surface area contributed by atoms with E-state index in [2.05, 4.69) is 10.3 Å². The maximum atomic E-state index is 13.8. The van der Waals surface area contributed by atoms with Crippen LogP contribution < -0.4 is 15.3 Å². The first-order valence-corrected chi connectivity index (χ1v) is 9.49. The highest BCUT2D eigenvalue weighted by Crippen LogP contribution is 2.30. The molecule has 2 aliphatic heterocycles. The van der Waals surface area contributed by atoms with E-state index in [9.17, 15) is 28.4 Å². The molecule has 1 unspecified atom stereocenters. The number of nitrogens with zero attached hydrogens (tertiary/aromatic N) is 3. The summed E-state index contributed by atoms with van der Waals surface area (Å²) >= 11 is 0. The lowest BCUT2D eigenvalue weighted by Crippen LogP contribution is -2.50. The smallest absolute Gasteiger partial charge is 0.272 e. The number of pyridine rings is 1. The summed E-state index contributed by atoms with van der Waals surface area (Å²) in [5, 5.41) is 12.8. The predicted molar refractivity (Wildman–Crippen MR) is 103 cm³/mol. The summed E-state index contributed by atoms with van der Waals surface area (Å²) in [5.74, 6) is -6.32. The van der Waals surface area contributed by atoms with Gasteiger partial charge in [-0.15, -0.1) is 0 Å². The van der Waals surface area contributed by atoms with E-state index in [-0.39, 0.29) is 28.6 Å². The molecule has 4 rings (SSSR count). The molecule has 1 aromatic heterocycles. The lowest BCUT2D eigenvalue weighted by Gasteiger charge is -2.31. The molecular weight excluding hydrogens is 414 g/mol. The Labute approximate surface area is 175 Å². The van der Waals surface area contributed by atoms with Crippen LogP contribution >= 0.6 is 0 Å². The zero-order chi connectivity index (χ0) is 22.1. The normalized spacial score (nSPS) is 18.7. The summed E-state index contributed by atoms with van der Waals surface area (Å²) in [7, 11) is 0. The van der Waals surface area contributed by atoms with Crippen LogP contribution in [0.1, 0.15) is 15.9 Å². The van der Waals surface area contributed by atoms with E-state index in [1.165, 1.54) is 6.07 Å². The van der Waals surface area contributed by atoms with Crippen molar-refractivity contribution in [1.82, 2.24) is 10.3 Å². The number of carbonyl (C=O) groups is 3. The lowest BCUT2D eigenvalue weighted by molar-refractivity contribution is -0.135. The molecule has 2 aromatic rings. The van der Waals surface area contributed by atoms with Gasteiger partial charge in [0.05, 0.1) is 18.8 Å². The third-order valence-corrected chi connectivity index (χ3v) is 5.11. The summed E-state index contributed by atoms with van der Waals surface area (Å²) in [5.41, 5.74) is -0.115. The molecule has 2 aliphatic rings. The highest BCUT2D eigenvalue weighted by atomic mass is 19.1. The van der Waals surface area contributed by atoms with Gasteiger partial charge in [-0.25, -0.2) is 13.8 Å². The number of anilines is 2. The molecule has 2 amide bonds. The minimum Gasteiger partial charge on any atom is -0.378 e. The molecule has 0 aliphatic carbocycles. The molecule has 1 atom stereocenters. The van der Waals surface area contributed by atoms with Crippen LogP contribution in [0.3, 0.4) is 0 Å². The van der Waals surface area contributed by atoms with E-state index in [4.69, 9.17) is 4.74 Å². The van der Waals surface area contributed by atoms with E-state index in [0.29, 0.717) is 38.2 Å². The average molecular weight is 432 g/mol. The number of morpholine rings is 1. The minimum atomic E-state index is -1.85. The van der Waals surface area contributed by atoms with Crippen LogP contribution in [0.15, 0.2) is 30.3 Å². The quantitative estimate of drug-likeness (QED) is 0.549. The number of Topliss-reactive ketones (excluding diaryl/α,β-unsaturated/α-hetero) is 1. The first-order valence-electron chi connectivity index (χ1n) is 9.49. The number of fused-ring (bicyclic) bond motifs is 1. The number of hydrogen-bond donors (Lipinski definition) is 2. The van der Waals surface area contributed by atoms with E-state index < -0.39 is 35.1 Å². The Hall–Kier alpha value is -3.44. The zero-order valence-electron chi connectivity index (χ0n) is 16.2. The van der Waals surface area contributed by atoms with Crippen molar-refractivity contribution in [3.05, 3.63) is 53.1 Å². The molecule has 0 spiro atoms. The molecule has 162 valence electrons. The van der Waals surface area contributed by atoms with Gasteiger partial charge in [0.2, 0.25) is 5.91 Å². The van der Waals surface area contributed by atoms with Crippen molar-refractivity contribution < 1.29 is 33.1 Å². The monoisotopic (exact) mass is 432 g/mol. The van der Waals surface area contributed by atoms with Crippen LogP contribution in [0.25, 0.3) is 0 Å². The van der Waals surface area contributed by atoms with Crippen molar-refractivity contribution in [2.24, 2.45) is 5.92 Å². The highest BCUT2D eigenvalue weighted by Gasteiger charge is 2.45. The van der Waals surface area contributed by atoms with Gasteiger partial charge in [-0.2, -0.15) is 5.06 Å². The standard InChI is InChI=1S/C20H18F2N4O5/c21-12-2-1-11(14(22)9-12)10-23-19(28)16-17(27)13-3-4-15(25-5-7-31-8-6-25)24-18(13)26(30)20(16)29/h1-4,9,16,30H,5-8,10H2,(H,23,28). The van der Waals surface area contributed by atoms with Crippen molar-refractivity contribution in [2.75, 3.05) is 36.3 Å². The van der Waals surface area contributed by atoms with Gasteiger partial charge in [0, 0.05) is 31.3 Å². The van der Waals surface area contributed by atoms with Gasteiger partial charge < -0.3 is 15.0 Å². The maximum absolute atomic E-state index is 13.8. The number of nitrogens with one attached hydrogen (secondary N) is 1. The number of carbonyl (C=O) groups excluding carboxylic acids is 3. The van der Waals surface area contributed by atoms with Gasteiger partial charge >= 0.3 is 0 Å². The van der Waals surface area contributed by atoms with Crippen LogP contribution in [0.5, 0.6) is 0 Å². The van der Waals surface area contributed by atoms with Gasteiger partial charge in [-0.05, 0) is 18.2 Å². The van der Waals surface area contributed by atoms with Crippen molar-refractivity contribution >= 4 is 29.2 Å². The molecular formula is C20H18F2N4O5. The Morgan fingerprint density at radius 3 is 2.65 bits per heavy atom. The number of hydrogen-bond acceptors (Lipinski definition) is 7. The van der Waals surface area contributed by atoms with Crippen LogP contribution in [-0.4, -0.2) is 54.1 Å². The second kappa shape index (κ2) is 8.36. The van der Waals surface area contributed by atoms with Crippen molar-refractivity contribution in [3.8, 4) is 0 Å². The van der Waals surface area contributed by atoms with Gasteiger partial charge in [0.15, 0.2) is 17.5 Å². The van der Waals surface area contributed by atoms with E-state index in [0.717, 1.165) is 12.1 Å². The number of amides is 2. The van der Waals surface area contributed by atoms with Crippen LogP contribution in [0.4, 0.5) is 20.4 Å².